The van der Waals surface area contributed by atoms with Crippen molar-refractivity contribution in [1.29, 1.82) is 0 Å². The van der Waals surface area contributed by atoms with Crippen LogP contribution in [0.1, 0.15) is 15.9 Å². The molecule has 4 heteroatoms. The van der Waals surface area contributed by atoms with Gasteiger partial charge < -0.3 is 9.84 Å². The summed E-state index contributed by atoms with van der Waals surface area (Å²) in [6.07, 6.45) is 3.22. The van der Waals surface area contributed by atoms with Gasteiger partial charge in [0, 0.05) is 9.86 Å². The van der Waals surface area contributed by atoms with Crippen LogP contribution in [0.25, 0.3) is 16.8 Å². The largest absolute Gasteiger partial charge is 0.507 e. The molecule has 0 aliphatic heterocycles. The number of phenols is 1. The summed E-state index contributed by atoms with van der Waals surface area (Å²) in [6.45, 7) is 0. The summed E-state index contributed by atoms with van der Waals surface area (Å²) < 4.78 is 6.12. The molecule has 0 saturated heterocycles. The van der Waals surface area contributed by atoms with E-state index in [4.69, 9.17) is 4.74 Å². The Hall–Kier alpha value is -2.59. The molecule has 120 valence electrons. The van der Waals surface area contributed by atoms with Gasteiger partial charge in [-0.05, 0) is 41.3 Å². The second-order valence-corrected chi connectivity index (χ2v) is 6.18. The molecule has 0 spiro atoms. The highest BCUT2D eigenvalue weighted by molar-refractivity contribution is 9.10. The second-order valence-electron chi connectivity index (χ2n) is 5.26. The first-order valence-corrected chi connectivity index (χ1v) is 8.16. The highest BCUT2D eigenvalue weighted by Crippen LogP contribution is 2.29. The Labute approximate surface area is 148 Å². The number of allylic oxidation sites excluding steroid dienone is 1. The third-order valence-corrected chi connectivity index (χ3v) is 4.27. The van der Waals surface area contributed by atoms with Gasteiger partial charge in [0.25, 0.3) is 0 Å². The molecule has 3 aromatic rings. The molecule has 0 atom stereocenters. The lowest BCUT2D eigenvalue weighted by atomic mass is 10.0. The lowest BCUT2D eigenvalue weighted by Crippen LogP contribution is -1.95. The maximum Gasteiger partial charge on any atom is 0.189 e. The van der Waals surface area contributed by atoms with Crippen molar-refractivity contribution in [2.45, 2.75) is 0 Å². The Morgan fingerprint density at radius 1 is 1.08 bits per heavy atom. The fraction of sp³-hybridized carbons (Fsp3) is 0.0500. The minimum absolute atomic E-state index is 0.0348. The number of carbonyl (C=O) groups is 1. The van der Waals surface area contributed by atoms with Crippen molar-refractivity contribution in [3.8, 4) is 11.5 Å². The number of halogens is 1. The van der Waals surface area contributed by atoms with Gasteiger partial charge in [0.2, 0.25) is 0 Å². The van der Waals surface area contributed by atoms with Crippen molar-refractivity contribution in [2.24, 2.45) is 0 Å². The molecule has 0 saturated carbocycles. The standard InChI is InChI=1S/C20H15BrO3/c1-24-20-11-7-13(15-4-2-3-5-16(15)20)6-9-18(22)17-12-14(21)8-10-19(17)23/h2-12,23H,1H3. The Bertz CT molecular complexity index is 945. The van der Waals surface area contributed by atoms with Crippen LogP contribution < -0.4 is 4.74 Å². The normalized spacial score (nSPS) is 11.1. The molecule has 0 amide bonds. The number of phenolic OH excluding ortho intramolecular Hbond substituents is 1. The quantitative estimate of drug-likeness (QED) is 0.497. The summed E-state index contributed by atoms with van der Waals surface area (Å²) >= 11 is 3.31. The summed E-state index contributed by atoms with van der Waals surface area (Å²) in [4.78, 5) is 12.4. The first-order valence-electron chi connectivity index (χ1n) is 7.37. The summed E-state index contributed by atoms with van der Waals surface area (Å²) in [5, 5.41) is 11.8. The fourth-order valence-corrected chi connectivity index (χ4v) is 2.94. The van der Waals surface area contributed by atoms with Crippen molar-refractivity contribution < 1.29 is 14.6 Å². The van der Waals surface area contributed by atoms with E-state index in [0.717, 1.165) is 26.6 Å². The molecule has 0 fully saturated rings. The van der Waals surface area contributed by atoms with Gasteiger partial charge in [-0.15, -0.1) is 0 Å². The Balaban J connectivity index is 1.99. The van der Waals surface area contributed by atoms with Crippen LogP contribution >= 0.6 is 15.9 Å². The van der Waals surface area contributed by atoms with Gasteiger partial charge in [0.05, 0.1) is 12.7 Å². The smallest absolute Gasteiger partial charge is 0.189 e. The van der Waals surface area contributed by atoms with E-state index in [0.29, 0.717) is 0 Å². The van der Waals surface area contributed by atoms with Gasteiger partial charge in [-0.3, -0.25) is 4.79 Å². The Kier molecular flexibility index (Phi) is 4.67. The van der Waals surface area contributed by atoms with E-state index in [1.165, 1.54) is 12.1 Å². The van der Waals surface area contributed by atoms with Crippen LogP contribution in [-0.2, 0) is 0 Å². The Morgan fingerprint density at radius 3 is 2.58 bits per heavy atom. The number of ether oxygens (including phenoxy) is 1. The zero-order valence-corrected chi connectivity index (χ0v) is 14.6. The van der Waals surface area contributed by atoms with E-state index in [-0.39, 0.29) is 17.1 Å². The van der Waals surface area contributed by atoms with Gasteiger partial charge in [-0.25, -0.2) is 0 Å². The lowest BCUT2D eigenvalue weighted by molar-refractivity contribution is 0.104. The van der Waals surface area contributed by atoms with Crippen LogP contribution in [0.15, 0.2) is 65.1 Å². The molecular formula is C20H15BrO3. The maximum atomic E-state index is 12.4. The van der Waals surface area contributed by atoms with Crippen LogP contribution in [-0.4, -0.2) is 18.0 Å². The second kappa shape index (κ2) is 6.89. The minimum atomic E-state index is -0.256. The van der Waals surface area contributed by atoms with Gasteiger partial charge in [0.15, 0.2) is 5.78 Å². The van der Waals surface area contributed by atoms with E-state index < -0.39 is 0 Å². The molecule has 3 aromatic carbocycles. The number of benzene rings is 3. The van der Waals surface area contributed by atoms with E-state index in [2.05, 4.69) is 15.9 Å². The predicted octanol–water partition coefficient (Wildman–Crippen LogP) is 5.21. The SMILES string of the molecule is COc1ccc(C=CC(=O)c2cc(Br)ccc2O)c2ccccc12. The number of hydrogen-bond donors (Lipinski definition) is 1. The number of fused-ring (bicyclic) bond motifs is 1. The van der Waals surface area contributed by atoms with Crippen molar-refractivity contribution in [2.75, 3.05) is 7.11 Å². The van der Waals surface area contributed by atoms with Gasteiger partial charge in [-0.1, -0.05) is 52.3 Å². The van der Waals surface area contributed by atoms with Gasteiger partial charge in [-0.2, -0.15) is 0 Å². The third-order valence-electron chi connectivity index (χ3n) is 3.78. The number of methoxy groups -OCH3 is 1. The van der Waals surface area contributed by atoms with E-state index in [1.807, 2.05) is 36.4 Å². The number of rotatable bonds is 4. The zero-order chi connectivity index (χ0) is 17.1. The van der Waals surface area contributed by atoms with Crippen LogP contribution in [0.4, 0.5) is 0 Å². The molecule has 0 aliphatic rings. The fourth-order valence-electron chi connectivity index (χ4n) is 2.58. The lowest BCUT2D eigenvalue weighted by Gasteiger charge is -2.08. The van der Waals surface area contributed by atoms with Crippen molar-refractivity contribution in [1.82, 2.24) is 0 Å². The molecule has 0 bridgehead atoms. The van der Waals surface area contributed by atoms with Gasteiger partial charge in [0.1, 0.15) is 11.5 Å². The molecule has 0 radical (unpaired) electrons. The van der Waals surface area contributed by atoms with Crippen LogP contribution in [0.2, 0.25) is 0 Å². The highest BCUT2D eigenvalue weighted by atomic mass is 79.9. The molecular weight excluding hydrogens is 368 g/mol. The molecule has 0 aliphatic carbocycles. The summed E-state index contributed by atoms with van der Waals surface area (Å²) in [5.41, 5.74) is 1.17. The van der Waals surface area contributed by atoms with Crippen molar-refractivity contribution in [3.05, 3.63) is 76.3 Å². The molecule has 0 heterocycles. The number of carbonyl (C=O) groups excluding carboxylic acids is 1. The van der Waals surface area contributed by atoms with E-state index in [9.17, 15) is 9.90 Å². The highest BCUT2D eigenvalue weighted by Gasteiger charge is 2.09. The average molecular weight is 383 g/mol. The monoisotopic (exact) mass is 382 g/mol. The molecule has 24 heavy (non-hydrogen) atoms. The Morgan fingerprint density at radius 2 is 1.83 bits per heavy atom. The van der Waals surface area contributed by atoms with Crippen molar-refractivity contribution >= 4 is 38.6 Å². The zero-order valence-electron chi connectivity index (χ0n) is 13.0. The molecule has 0 unspecified atom stereocenters. The van der Waals surface area contributed by atoms with Crippen LogP contribution in [0.5, 0.6) is 11.5 Å². The van der Waals surface area contributed by atoms with Crippen LogP contribution in [0.3, 0.4) is 0 Å². The minimum Gasteiger partial charge on any atom is -0.507 e. The summed E-state index contributed by atoms with van der Waals surface area (Å²) in [5.74, 6) is 0.500. The molecule has 0 aromatic heterocycles. The predicted molar refractivity (Wildman–Crippen MR) is 99.7 cm³/mol. The third kappa shape index (κ3) is 3.19. The molecule has 3 rings (SSSR count). The average Bonchev–Trinajstić information content (AvgIpc) is 2.61. The summed E-state index contributed by atoms with van der Waals surface area (Å²) in [6, 6.07) is 16.4. The number of aromatic hydroxyl groups is 1. The number of hydrogen-bond acceptors (Lipinski definition) is 3. The van der Waals surface area contributed by atoms with Gasteiger partial charge >= 0.3 is 0 Å². The molecule has 1 N–H and O–H groups in total. The van der Waals surface area contributed by atoms with Crippen LogP contribution in [0, 0.1) is 0 Å². The maximum absolute atomic E-state index is 12.4. The van der Waals surface area contributed by atoms with Crippen molar-refractivity contribution in [3.63, 3.8) is 0 Å². The summed E-state index contributed by atoms with van der Waals surface area (Å²) in [7, 11) is 1.64. The molecule has 3 nitrogen and oxygen atoms in total. The topological polar surface area (TPSA) is 46.5 Å². The first kappa shape index (κ1) is 16.3. The van der Waals surface area contributed by atoms with E-state index in [1.54, 1.807) is 25.3 Å². The first-order chi connectivity index (χ1) is 11.6. The van der Waals surface area contributed by atoms with E-state index >= 15 is 0 Å². The number of ketones is 1.